The van der Waals surface area contributed by atoms with Crippen LogP contribution in [0, 0.1) is 17.3 Å². The van der Waals surface area contributed by atoms with Crippen LogP contribution in [0.5, 0.6) is 0 Å². The molecule has 0 saturated carbocycles. The van der Waals surface area contributed by atoms with Crippen LogP contribution in [0.15, 0.2) is 83.1 Å². The molecule has 2 nitrogen and oxygen atoms in total. The summed E-state index contributed by atoms with van der Waals surface area (Å²) >= 11 is 1.72. The monoisotopic (exact) mass is 482 g/mol. The van der Waals surface area contributed by atoms with Crippen LogP contribution in [-0.2, 0) is 22.4 Å². The van der Waals surface area contributed by atoms with Gasteiger partial charge >= 0.3 is 5.97 Å². The fourth-order valence-corrected chi connectivity index (χ4v) is 4.26. The zero-order valence-electron chi connectivity index (χ0n) is 21.1. The lowest BCUT2D eigenvalue weighted by atomic mass is 9.98. The van der Waals surface area contributed by atoms with E-state index in [1.807, 2.05) is 31.2 Å². The summed E-state index contributed by atoms with van der Waals surface area (Å²) < 4.78 is 5.29. The average molecular weight is 483 g/mol. The number of esters is 1. The maximum absolute atomic E-state index is 12.5. The molecule has 2 aromatic carbocycles. The minimum atomic E-state index is -0.281. The molecule has 0 aliphatic rings. The number of thiophene rings is 1. The highest BCUT2D eigenvalue weighted by molar-refractivity contribution is 7.08. The molecule has 3 aromatic rings. The van der Waals surface area contributed by atoms with Gasteiger partial charge in [0.25, 0.3) is 0 Å². The lowest BCUT2D eigenvalue weighted by molar-refractivity contribution is -0.138. The number of allylic oxidation sites excluding steroid dienone is 2. The smallest absolute Gasteiger partial charge is 0.334 e. The Bertz CT molecular complexity index is 1230. The number of ether oxygens (including phenoxy) is 1. The molecule has 0 aliphatic carbocycles. The second kappa shape index (κ2) is 12.9. The molecular weight excluding hydrogens is 448 g/mol. The van der Waals surface area contributed by atoms with E-state index in [2.05, 4.69) is 91.9 Å². The van der Waals surface area contributed by atoms with Crippen LogP contribution >= 0.6 is 11.3 Å². The number of benzene rings is 2. The first-order chi connectivity index (χ1) is 16.8. The van der Waals surface area contributed by atoms with Crippen molar-refractivity contribution in [1.82, 2.24) is 0 Å². The number of hydrogen-bond acceptors (Lipinski definition) is 3. The third-order valence-corrected chi connectivity index (χ3v) is 5.98. The second-order valence-electron chi connectivity index (χ2n) is 9.47. The lowest BCUT2D eigenvalue weighted by Crippen LogP contribution is -2.07. The molecular formula is C32H34O2S. The molecule has 0 bridgehead atoms. The van der Waals surface area contributed by atoms with Gasteiger partial charge in [-0.1, -0.05) is 66.4 Å². The molecule has 0 spiro atoms. The molecule has 3 heteroatoms. The molecule has 0 atom stereocenters. The van der Waals surface area contributed by atoms with Gasteiger partial charge in [-0.25, -0.2) is 4.79 Å². The summed E-state index contributed by atoms with van der Waals surface area (Å²) in [5.41, 5.74) is 6.69. The molecule has 35 heavy (non-hydrogen) atoms. The number of aryl methyl sites for hydroxylation is 2. The van der Waals surface area contributed by atoms with Crippen molar-refractivity contribution in [2.75, 3.05) is 6.61 Å². The van der Waals surface area contributed by atoms with Crippen LogP contribution in [0.3, 0.4) is 0 Å². The number of carbonyl (C=O) groups is 1. The maximum atomic E-state index is 12.5. The Balaban J connectivity index is 1.71. The van der Waals surface area contributed by atoms with Crippen molar-refractivity contribution in [2.45, 2.75) is 47.0 Å². The maximum Gasteiger partial charge on any atom is 0.334 e. The summed E-state index contributed by atoms with van der Waals surface area (Å²) in [6, 6.07) is 19.3. The summed E-state index contributed by atoms with van der Waals surface area (Å²) in [5, 5.41) is 4.29. The van der Waals surface area contributed by atoms with E-state index in [1.54, 1.807) is 11.3 Å². The van der Waals surface area contributed by atoms with Gasteiger partial charge in [0.15, 0.2) is 0 Å². The average Bonchev–Trinajstić information content (AvgIpc) is 3.37. The van der Waals surface area contributed by atoms with Crippen LogP contribution < -0.4 is 0 Å². The van der Waals surface area contributed by atoms with Crippen molar-refractivity contribution in [2.24, 2.45) is 5.41 Å². The molecule has 0 aliphatic heterocycles. The summed E-state index contributed by atoms with van der Waals surface area (Å²) in [7, 11) is 0. The first kappa shape index (κ1) is 26.3. The van der Waals surface area contributed by atoms with Crippen LogP contribution in [0.25, 0.3) is 17.2 Å². The Morgan fingerprint density at radius 2 is 1.74 bits per heavy atom. The van der Waals surface area contributed by atoms with E-state index in [-0.39, 0.29) is 11.4 Å². The predicted octanol–water partition coefficient (Wildman–Crippen LogP) is 8.14. The first-order valence-corrected chi connectivity index (χ1v) is 13.0. The van der Waals surface area contributed by atoms with Gasteiger partial charge in [0, 0.05) is 11.0 Å². The van der Waals surface area contributed by atoms with E-state index in [9.17, 15) is 4.79 Å². The molecule has 180 valence electrons. The van der Waals surface area contributed by atoms with Crippen LogP contribution in [0.2, 0.25) is 0 Å². The fraction of sp³-hybridized carbons (Fsp3) is 0.281. The van der Waals surface area contributed by atoms with Crippen molar-refractivity contribution < 1.29 is 9.53 Å². The van der Waals surface area contributed by atoms with Crippen molar-refractivity contribution in [1.29, 1.82) is 0 Å². The van der Waals surface area contributed by atoms with Gasteiger partial charge in [-0.3, -0.25) is 0 Å². The second-order valence-corrected chi connectivity index (χ2v) is 10.3. The van der Waals surface area contributed by atoms with Gasteiger partial charge in [-0.2, -0.15) is 11.3 Å². The minimum Gasteiger partial charge on any atom is -0.463 e. The normalized spacial score (nSPS) is 11.8. The van der Waals surface area contributed by atoms with Crippen molar-refractivity contribution in [3.63, 3.8) is 0 Å². The van der Waals surface area contributed by atoms with Crippen LogP contribution in [0.4, 0.5) is 0 Å². The topological polar surface area (TPSA) is 26.3 Å². The fourth-order valence-electron chi connectivity index (χ4n) is 3.59. The van der Waals surface area contributed by atoms with E-state index < -0.39 is 0 Å². The van der Waals surface area contributed by atoms with Gasteiger partial charge in [0.05, 0.1) is 6.61 Å². The molecule has 0 amide bonds. The molecule has 0 radical (unpaired) electrons. The third kappa shape index (κ3) is 9.08. The Morgan fingerprint density at radius 3 is 2.43 bits per heavy atom. The van der Waals surface area contributed by atoms with Crippen LogP contribution in [0.1, 0.15) is 50.8 Å². The largest absolute Gasteiger partial charge is 0.463 e. The highest BCUT2D eigenvalue weighted by Gasteiger charge is 2.10. The molecule has 0 saturated heterocycles. The highest BCUT2D eigenvalue weighted by Crippen LogP contribution is 2.24. The van der Waals surface area contributed by atoms with E-state index in [1.165, 1.54) is 22.3 Å². The first-order valence-electron chi connectivity index (χ1n) is 12.1. The van der Waals surface area contributed by atoms with Crippen molar-refractivity contribution in [3.8, 4) is 23.0 Å². The van der Waals surface area contributed by atoms with Crippen molar-refractivity contribution in [3.05, 3.63) is 99.8 Å². The lowest BCUT2D eigenvalue weighted by Gasteiger charge is -2.08. The van der Waals surface area contributed by atoms with E-state index >= 15 is 0 Å². The Kier molecular flexibility index (Phi) is 9.70. The SMILES string of the molecule is CCOC(=O)C(=Cc1cccc(CCc2cccc(-c3ccsc3)c2)c1)CC=CC#CC(C)(C)C. The molecule has 0 fully saturated rings. The summed E-state index contributed by atoms with van der Waals surface area (Å²) in [6.45, 7) is 8.41. The highest BCUT2D eigenvalue weighted by atomic mass is 32.1. The number of hydrogen-bond donors (Lipinski definition) is 0. The van der Waals surface area contributed by atoms with Gasteiger partial charge < -0.3 is 4.74 Å². The number of carbonyl (C=O) groups excluding carboxylic acids is 1. The standard InChI is InChI=1S/C32H34O2S/c1-5-34-31(33)29(14-7-6-8-19-32(2,3)4)23-27-13-9-11-25(21-27)16-17-26-12-10-15-28(22-26)30-18-20-35-24-30/h6-7,9-13,15,18,20-24H,5,14,16-17H2,1-4H3. The van der Waals surface area contributed by atoms with E-state index in [0.717, 1.165) is 18.4 Å². The van der Waals surface area contributed by atoms with Crippen LogP contribution in [-0.4, -0.2) is 12.6 Å². The quantitative estimate of drug-likeness (QED) is 0.175. The minimum absolute atomic E-state index is 0.0458. The molecule has 1 aromatic heterocycles. The van der Waals surface area contributed by atoms with Gasteiger partial charge in [0.1, 0.15) is 0 Å². The zero-order valence-corrected chi connectivity index (χ0v) is 22.0. The molecule has 0 unspecified atom stereocenters. The Labute approximate surface area is 214 Å². The zero-order chi connectivity index (χ0) is 25.1. The third-order valence-electron chi connectivity index (χ3n) is 5.30. The predicted molar refractivity (Wildman–Crippen MR) is 149 cm³/mol. The molecule has 0 N–H and O–H groups in total. The summed E-state index contributed by atoms with van der Waals surface area (Å²) in [5.74, 6) is 5.95. The summed E-state index contributed by atoms with van der Waals surface area (Å²) in [6.07, 6.45) is 8.05. The molecule has 3 rings (SSSR count). The van der Waals surface area contributed by atoms with Gasteiger partial charge in [-0.05, 0) is 104 Å². The molecule has 1 heterocycles. The Morgan fingerprint density at radius 1 is 1.00 bits per heavy atom. The van der Waals surface area contributed by atoms with Gasteiger partial charge in [-0.15, -0.1) is 0 Å². The van der Waals surface area contributed by atoms with E-state index in [4.69, 9.17) is 4.74 Å². The Hall–Kier alpha value is -3.35. The summed E-state index contributed by atoms with van der Waals surface area (Å²) in [4.78, 5) is 12.5. The number of rotatable bonds is 9. The van der Waals surface area contributed by atoms with E-state index in [0.29, 0.717) is 18.6 Å². The van der Waals surface area contributed by atoms with Gasteiger partial charge in [0.2, 0.25) is 0 Å². The van der Waals surface area contributed by atoms with Crippen molar-refractivity contribution >= 4 is 23.4 Å².